The Hall–Kier alpha value is -1.70. The molecule has 2 saturated heterocycles. The highest BCUT2D eigenvalue weighted by Gasteiger charge is 2.28. The summed E-state index contributed by atoms with van der Waals surface area (Å²) < 4.78 is 21.8. The summed E-state index contributed by atoms with van der Waals surface area (Å²) in [6, 6.07) is 1.82. The Kier molecular flexibility index (Phi) is 3.92. The standard InChI is InChI=1S/C15H19N3O4/c1-4-18(9-13-20-7-8-21-13)5-2-11(1)14-16-17-15(22-14)12-3-6-19-10-12/h3,6,10-11,13H,1-2,4-5,7-9H2. The maximum absolute atomic E-state index is 5.79. The summed E-state index contributed by atoms with van der Waals surface area (Å²) in [7, 11) is 0. The van der Waals surface area contributed by atoms with Crippen LogP contribution < -0.4 is 0 Å². The van der Waals surface area contributed by atoms with E-state index in [1.54, 1.807) is 12.5 Å². The van der Waals surface area contributed by atoms with E-state index in [0.29, 0.717) is 25.0 Å². The molecular weight excluding hydrogens is 286 g/mol. The fraction of sp³-hybridized carbons (Fsp3) is 0.600. The van der Waals surface area contributed by atoms with Crippen molar-refractivity contribution in [2.45, 2.75) is 25.0 Å². The summed E-state index contributed by atoms with van der Waals surface area (Å²) in [6.45, 7) is 4.26. The van der Waals surface area contributed by atoms with Crippen LogP contribution in [0.25, 0.3) is 11.5 Å². The van der Waals surface area contributed by atoms with Crippen LogP contribution in [0.5, 0.6) is 0 Å². The Morgan fingerprint density at radius 1 is 1.14 bits per heavy atom. The second kappa shape index (κ2) is 6.20. The number of likely N-dealkylation sites (tertiary alicyclic amines) is 1. The van der Waals surface area contributed by atoms with E-state index in [0.717, 1.165) is 43.9 Å². The first-order valence-corrected chi connectivity index (χ1v) is 7.70. The molecule has 0 radical (unpaired) electrons. The third-order valence-electron chi connectivity index (χ3n) is 4.24. The fourth-order valence-electron chi connectivity index (χ4n) is 2.99. The third-order valence-corrected chi connectivity index (χ3v) is 4.24. The molecule has 4 rings (SSSR count). The third kappa shape index (κ3) is 2.92. The van der Waals surface area contributed by atoms with Gasteiger partial charge in [0.25, 0.3) is 5.89 Å². The molecule has 22 heavy (non-hydrogen) atoms. The van der Waals surface area contributed by atoms with E-state index in [4.69, 9.17) is 18.3 Å². The van der Waals surface area contributed by atoms with Crippen molar-refractivity contribution in [1.82, 2.24) is 15.1 Å². The van der Waals surface area contributed by atoms with Gasteiger partial charge in [-0.15, -0.1) is 10.2 Å². The molecule has 2 fully saturated rings. The fourth-order valence-corrected chi connectivity index (χ4v) is 2.99. The number of rotatable bonds is 4. The van der Waals surface area contributed by atoms with Gasteiger partial charge in [-0.1, -0.05) is 0 Å². The lowest BCUT2D eigenvalue weighted by Crippen LogP contribution is -2.38. The van der Waals surface area contributed by atoms with Crippen LogP contribution in [0.15, 0.2) is 27.4 Å². The van der Waals surface area contributed by atoms with Crippen molar-refractivity contribution in [1.29, 1.82) is 0 Å². The van der Waals surface area contributed by atoms with E-state index in [9.17, 15) is 0 Å². The van der Waals surface area contributed by atoms with Gasteiger partial charge in [-0.3, -0.25) is 4.90 Å². The first-order chi connectivity index (χ1) is 10.9. The van der Waals surface area contributed by atoms with Gasteiger partial charge in [0.2, 0.25) is 5.89 Å². The van der Waals surface area contributed by atoms with Crippen molar-refractivity contribution in [3.8, 4) is 11.5 Å². The summed E-state index contributed by atoms with van der Waals surface area (Å²) >= 11 is 0. The Morgan fingerprint density at radius 2 is 1.95 bits per heavy atom. The van der Waals surface area contributed by atoms with Crippen molar-refractivity contribution in [3.63, 3.8) is 0 Å². The molecule has 0 saturated carbocycles. The monoisotopic (exact) mass is 305 g/mol. The van der Waals surface area contributed by atoms with Crippen LogP contribution in [0.2, 0.25) is 0 Å². The van der Waals surface area contributed by atoms with Gasteiger partial charge < -0.3 is 18.3 Å². The number of hydrogen-bond donors (Lipinski definition) is 0. The Bertz CT molecular complexity index is 584. The van der Waals surface area contributed by atoms with Crippen LogP contribution in [-0.2, 0) is 9.47 Å². The molecule has 2 aliphatic heterocycles. The van der Waals surface area contributed by atoms with Crippen molar-refractivity contribution < 1.29 is 18.3 Å². The number of nitrogens with zero attached hydrogens (tertiary/aromatic N) is 3. The molecule has 0 amide bonds. The number of hydrogen-bond acceptors (Lipinski definition) is 7. The van der Waals surface area contributed by atoms with Gasteiger partial charge >= 0.3 is 0 Å². The van der Waals surface area contributed by atoms with E-state index in [-0.39, 0.29) is 6.29 Å². The molecule has 2 aliphatic rings. The topological polar surface area (TPSA) is 73.8 Å². The SMILES string of the molecule is c1cc(-c2nnc(C3CCN(CC4OCCO4)CC3)o2)co1. The predicted molar refractivity (Wildman–Crippen MR) is 76.1 cm³/mol. The molecule has 0 aliphatic carbocycles. The van der Waals surface area contributed by atoms with Crippen LogP contribution in [-0.4, -0.2) is 54.2 Å². The molecule has 7 heteroatoms. The van der Waals surface area contributed by atoms with Crippen LogP contribution in [0.4, 0.5) is 0 Å². The molecule has 7 nitrogen and oxygen atoms in total. The average Bonchev–Trinajstić information content (AvgIpc) is 3.30. The van der Waals surface area contributed by atoms with E-state index >= 15 is 0 Å². The largest absolute Gasteiger partial charge is 0.472 e. The zero-order valence-corrected chi connectivity index (χ0v) is 12.3. The van der Waals surface area contributed by atoms with Gasteiger partial charge in [0.1, 0.15) is 6.26 Å². The quantitative estimate of drug-likeness (QED) is 0.853. The molecule has 0 N–H and O–H groups in total. The predicted octanol–water partition coefficient (Wildman–Crippen LogP) is 1.88. The van der Waals surface area contributed by atoms with Gasteiger partial charge in [0.05, 0.1) is 25.0 Å². The minimum Gasteiger partial charge on any atom is -0.472 e. The van der Waals surface area contributed by atoms with Crippen LogP contribution in [0, 0.1) is 0 Å². The van der Waals surface area contributed by atoms with Crippen LogP contribution in [0.1, 0.15) is 24.7 Å². The number of aromatic nitrogens is 2. The normalized spacial score (nSPS) is 21.6. The van der Waals surface area contributed by atoms with Gasteiger partial charge in [-0.05, 0) is 32.0 Å². The minimum absolute atomic E-state index is 0.0624. The molecule has 118 valence electrons. The first kappa shape index (κ1) is 13.9. The molecular formula is C15H19N3O4. The Morgan fingerprint density at radius 3 is 2.68 bits per heavy atom. The van der Waals surface area contributed by atoms with Crippen molar-refractivity contribution >= 4 is 0 Å². The highest BCUT2D eigenvalue weighted by atomic mass is 16.7. The highest BCUT2D eigenvalue weighted by Crippen LogP contribution is 2.29. The number of piperidine rings is 1. The van der Waals surface area contributed by atoms with Gasteiger partial charge in [-0.2, -0.15) is 0 Å². The second-order valence-electron chi connectivity index (χ2n) is 5.70. The lowest BCUT2D eigenvalue weighted by Gasteiger charge is -2.31. The van der Waals surface area contributed by atoms with Gasteiger partial charge in [0.15, 0.2) is 6.29 Å². The molecule has 0 aromatic carbocycles. The summed E-state index contributed by atoms with van der Waals surface area (Å²) in [6.07, 6.45) is 5.18. The zero-order chi connectivity index (χ0) is 14.8. The maximum Gasteiger partial charge on any atom is 0.250 e. The number of furan rings is 1. The zero-order valence-electron chi connectivity index (χ0n) is 12.3. The maximum atomic E-state index is 5.79. The molecule has 0 bridgehead atoms. The summed E-state index contributed by atoms with van der Waals surface area (Å²) in [5.74, 6) is 1.58. The molecule has 2 aromatic heterocycles. The van der Waals surface area contributed by atoms with Crippen molar-refractivity contribution in [2.75, 3.05) is 32.8 Å². The molecule has 0 atom stereocenters. The van der Waals surface area contributed by atoms with Gasteiger partial charge in [-0.25, -0.2) is 0 Å². The summed E-state index contributed by atoms with van der Waals surface area (Å²) in [4.78, 5) is 2.37. The van der Waals surface area contributed by atoms with Crippen molar-refractivity contribution in [3.05, 3.63) is 24.5 Å². The summed E-state index contributed by atoms with van der Waals surface area (Å²) in [5.41, 5.74) is 0.826. The molecule has 0 spiro atoms. The smallest absolute Gasteiger partial charge is 0.250 e. The van der Waals surface area contributed by atoms with Crippen LogP contribution in [0.3, 0.4) is 0 Å². The molecule has 4 heterocycles. The minimum atomic E-state index is -0.0624. The Balaban J connectivity index is 1.33. The van der Waals surface area contributed by atoms with E-state index in [1.165, 1.54) is 0 Å². The van der Waals surface area contributed by atoms with E-state index in [1.807, 2.05) is 6.07 Å². The molecule has 0 unspecified atom stereocenters. The van der Waals surface area contributed by atoms with Crippen LogP contribution >= 0.6 is 0 Å². The lowest BCUT2D eigenvalue weighted by molar-refractivity contribution is -0.0650. The van der Waals surface area contributed by atoms with E-state index < -0.39 is 0 Å². The second-order valence-corrected chi connectivity index (χ2v) is 5.70. The first-order valence-electron chi connectivity index (χ1n) is 7.70. The summed E-state index contributed by atoms with van der Waals surface area (Å²) in [5, 5.41) is 8.30. The van der Waals surface area contributed by atoms with Gasteiger partial charge in [0, 0.05) is 12.5 Å². The Labute approximate surface area is 128 Å². The van der Waals surface area contributed by atoms with E-state index in [2.05, 4.69) is 15.1 Å². The average molecular weight is 305 g/mol. The highest BCUT2D eigenvalue weighted by molar-refractivity contribution is 5.49. The number of ether oxygens (including phenoxy) is 2. The lowest BCUT2D eigenvalue weighted by atomic mass is 9.97. The molecule has 2 aromatic rings. The van der Waals surface area contributed by atoms with Crippen molar-refractivity contribution in [2.24, 2.45) is 0 Å².